The summed E-state index contributed by atoms with van der Waals surface area (Å²) in [6.07, 6.45) is -0.689. The summed E-state index contributed by atoms with van der Waals surface area (Å²) in [6, 6.07) is 3.48. The monoisotopic (exact) mass is 430 g/mol. The molecule has 0 aromatic carbocycles. The third-order valence-electron chi connectivity index (χ3n) is 3.06. The van der Waals surface area contributed by atoms with Gasteiger partial charge >= 0.3 is 6.18 Å². The van der Waals surface area contributed by atoms with Gasteiger partial charge in [-0.2, -0.15) is 13.2 Å². The van der Waals surface area contributed by atoms with Crippen molar-refractivity contribution in [2.75, 3.05) is 13.7 Å². The van der Waals surface area contributed by atoms with Crippen LogP contribution in [-0.4, -0.2) is 41.7 Å². The molecular formula is C13H18F3IN4O. The van der Waals surface area contributed by atoms with Gasteiger partial charge in [0.15, 0.2) is 12.6 Å². The van der Waals surface area contributed by atoms with E-state index in [2.05, 4.69) is 14.7 Å². The van der Waals surface area contributed by atoms with E-state index in [1.54, 1.807) is 6.07 Å². The molecule has 1 heterocycles. The number of guanidine groups is 1. The largest absolute Gasteiger partial charge is 0.468 e. The van der Waals surface area contributed by atoms with Crippen molar-refractivity contribution in [1.29, 1.82) is 0 Å². The Balaban J connectivity index is 0.00000242. The van der Waals surface area contributed by atoms with Gasteiger partial charge < -0.3 is 15.4 Å². The molecule has 0 saturated heterocycles. The van der Waals surface area contributed by atoms with E-state index < -0.39 is 12.8 Å². The Kier molecular flexibility index (Phi) is 6.69. The fraction of sp³-hybridized carbons (Fsp3) is 0.538. The second-order valence-corrected chi connectivity index (χ2v) is 4.93. The summed E-state index contributed by atoms with van der Waals surface area (Å²) in [5.74, 6) is 0.387. The van der Waals surface area contributed by atoms with Crippen LogP contribution in [0.4, 0.5) is 13.2 Å². The van der Waals surface area contributed by atoms with E-state index in [4.69, 9.17) is 5.73 Å². The number of aliphatic imine (C=N–C) groups is 1. The number of aromatic nitrogens is 1. The summed E-state index contributed by atoms with van der Waals surface area (Å²) in [6.45, 7) is -1.02. The van der Waals surface area contributed by atoms with Crippen LogP contribution in [0.25, 0.3) is 0 Å². The first-order chi connectivity index (χ1) is 9.85. The van der Waals surface area contributed by atoms with Crippen molar-refractivity contribution < 1.29 is 17.9 Å². The van der Waals surface area contributed by atoms with E-state index in [-0.39, 0.29) is 29.9 Å². The third kappa shape index (κ3) is 6.24. The number of nitrogens with two attached hydrogens (primary N) is 1. The van der Waals surface area contributed by atoms with Crippen LogP contribution in [-0.2, 0) is 6.54 Å². The topological polar surface area (TPSA) is 63.7 Å². The van der Waals surface area contributed by atoms with Crippen LogP contribution in [0.5, 0.6) is 5.88 Å². The van der Waals surface area contributed by atoms with Gasteiger partial charge in [-0.05, 0) is 18.4 Å². The fourth-order valence-electron chi connectivity index (χ4n) is 1.68. The Morgan fingerprint density at radius 1 is 1.45 bits per heavy atom. The lowest BCUT2D eigenvalue weighted by Crippen LogP contribution is -2.35. The van der Waals surface area contributed by atoms with Crippen LogP contribution < -0.4 is 10.5 Å². The highest BCUT2D eigenvalue weighted by atomic mass is 127. The van der Waals surface area contributed by atoms with Crippen LogP contribution in [0.3, 0.4) is 0 Å². The van der Waals surface area contributed by atoms with Crippen molar-refractivity contribution >= 4 is 29.9 Å². The normalized spacial score (nSPS) is 15.2. The van der Waals surface area contributed by atoms with E-state index in [0.29, 0.717) is 18.5 Å². The number of ether oxygens (including phenoxy) is 1. The highest BCUT2D eigenvalue weighted by Crippen LogP contribution is 2.25. The van der Waals surface area contributed by atoms with Crippen molar-refractivity contribution in [2.45, 2.75) is 31.6 Å². The van der Waals surface area contributed by atoms with Gasteiger partial charge in [0.25, 0.3) is 0 Å². The number of hydrogen-bond acceptors (Lipinski definition) is 3. The van der Waals surface area contributed by atoms with Crippen LogP contribution in [0, 0.1) is 0 Å². The van der Waals surface area contributed by atoms with Crippen molar-refractivity contribution in [1.82, 2.24) is 9.88 Å². The molecule has 0 atom stereocenters. The molecule has 0 bridgehead atoms. The molecule has 1 aliphatic carbocycles. The zero-order valence-electron chi connectivity index (χ0n) is 12.0. The molecule has 0 radical (unpaired) electrons. The van der Waals surface area contributed by atoms with Crippen LogP contribution in [0.2, 0.25) is 0 Å². The van der Waals surface area contributed by atoms with Crippen LogP contribution >= 0.6 is 24.0 Å². The predicted octanol–water partition coefficient (Wildman–Crippen LogP) is 2.55. The number of rotatable bonds is 5. The molecule has 1 aromatic heterocycles. The molecule has 22 heavy (non-hydrogen) atoms. The van der Waals surface area contributed by atoms with Crippen LogP contribution in [0.1, 0.15) is 18.4 Å². The lowest BCUT2D eigenvalue weighted by molar-refractivity contribution is -0.154. The summed E-state index contributed by atoms with van der Waals surface area (Å²) < 4.78 is 40.5. The Morgan fingerprint density at radius 2 is 2.14 bits per heavy atom. The molecule has 1 fully saturated rings. The van der Waals surface area contributed by atoms with Gasteiger partial charge in [-0.3, -0.25) is 0 Å². The van der Waals surface area contributed by atoms with E-state index in [9.17, 15) is 13.2 Å². The first-order valence-electron chi connectivity index (χ1n) is 6.52. The molecule has 0 aliphatic heterocycles. The van der Waals surface area contributed by atoms with E-state index in [0.717, 1.165) is 18.4 Å². The summed E-state index contributed by atoms with van der Waals surface area (Å²) in [7, 11) is 1.89. The van der Waals surface area contributed by atoms with Gasteiger partial charge in [0, 0.05) is 25.4 Å². The van der Waals surface area contributed by atoms with Gasteiger partial charge in [0.1, 0.15) is 0 Å². The minimum absolute atomic E-state index is 0. The first kappa shape index (κ1) is 18.8. The Bertz CT molecular complexity index is 503. The molecule has 9 heteroatoms. The second kappa shape index (κ2) is 7.84. The summed E-state index contributed by atoms with van der Waals surface area (Å²) in [4.78, 5) is 9.96. The molecule has 0 spiro atoms. The average molecular weight is 430 g/mol. The highest BCUT2D eigenvalue weighted by molar-refractivity contribution is 14.0. The standard InChI is InChI=1S/C13H17F3N4O.HI/c1-20(10-3-4-10)12(17)19-7-9-2-5-11(18-6-9)21-8-13(14,15)16;/h2,5-6,10H,3-4,7-8H2,1H3,(H2,17,19);1H. The number of hydrogen-bond donors (Lipinski definition) is 1. The quantitative estimate of drug-likeness (QED) is 0.443. The molecule has 0 amide bonds. The van der Waals surface area contributed by atoms with Crippen molar-refractivity contribution in [3.63, 3.8) is 0 Å². The van der Waals surface area contributed by atoms with Crippen molar-refractivity contribution in [2.24, 2.45) is 10.7 Å². The first-order valence-corrected chi connectivity index (χ1v) is 6.52. The number of alkyl halides is 3. The fourth-order valence-corrected chi connectivity index (χ4v) is 1.68. The SMILES string of the molecule is CN(C(N)=NCc1ccc(OCC(F)(F)F)nc1)C1CC1.I. The maximum atomic E-state index is 12.0. The lowest BCUT2D eigenvalue weighted by Gasteiger charge is -2.16. The van der Waals surface area contributed by atoms with Gasteiger partial charge in [-0.15, -0.1) is 24.0 Å². The minimum Gasteiger partial charge on any atom is -0.468 e. The number of halogens is 4. The maximum Gasteiger partial charge on any atom is 0.422 e. The Hall–Kier alpha value is -1.26. The average Bonchev–Trinajstić information content (AvgIpc) is 3.26. The second-order valence-electron chi connectivity index (χ2n) is 4.93. The van der Waals surface area contributed by atoms with Gasteiger partial charge in [0.05, 0.1) is 6.54 Å². The zero-order chi connectivity index (χ0) is 15.5. The van der Waals surface area contributed by atoms with Crippen molar-refractivity contribution in [3.8, 4) is 5.88 Å². The Morgan fingerprint density at radius 3 is 2.64 bits per heavy atom. The van der Waals surface area contributed by atoms with Gasteiger partial charge in [-0.25, -0.2) is 9.98 Å². The smallest absolute Gasteiger partial charge is 0.422 e. The summed E-state index contributed by atoms with van der Waals surface area (Å²) in [5, 5.41) is 0. The molecule has 0 unspecified atom stereocenters. The van der Waals surface area contributed by atoms with Crippen LogP contribution in [0.15, 0.2) is 23.3 Å². The molecule has 124 valence electrons. The van der Waals surface area contributed by atoms with Gasteiger partial charge in [0.2, 0.25) is 5.88 Å². The predicted molar refractivity (Wildman–Crippen MR) is 87.3 cm³/mol. The van der Waals surface area contributed by atoms with Crippen molar-refractivity contribution in [3.05, 3.63) is 23.9 Å². The summed E-state index contributed by atoms with van der Waals surface area (Å²) in [5.41, 5.74) is 6.59. The maximum absolute atomic E-state index is 12.0. The van der Waals surface area contributed by atoms with E-state index >= 15 is 0 Å². The molecule has 1 saturated carbocycles. The molecule has 2 N–H and O–H groups in total. The van der Waals surface area contributed by atoms with E-state index in [1.807, 2.05) is 11.9 Å². The Labute approximate surface area is 143 Å². The number of nitrogens with zero attached hydrogens (tertiary/aromatic N) is 3. The number of pyridine rings is 1. The van der Waals surface area contributed by atoms with E-state index in [1.165, 1.54) is 12.3 Å². The summed E-state index contributed by atoms with van der Waals surface area (Å²) >= 11 is 0. The zero-order valence-corrected chi connectivity index (χ0v) is 14.3. The third-order valence-corrected chi connectivity index (χ3v) is 3.06. The lowest BCUT2D eigenvalue weighted by atomic mass is 10.3. The minimum atomic E-state index is -4.37. The molecule has 1 aromatic rings. The molecule has 1 aliphatic rings. The highest BCUT2D eigenvalue weighted by Gasteiger charge is 2.28. The molecule has 2 rings (SSSR count). The van der Waals surface area contributed by atoms with Gasteiger partial charge in [-0.1, -0.05) is 6.07 Å². The molecule has 5 nitrogen and oxygen atoms in total. The molecular weight excluding hydrogens is 412 g/mol.